The monoisotopic (exact) mass is 429 g/mol. The number of amides is 1. The number of thioether (sulfide) groups is 1. The largest absolute Gasteiger partial charge is 0.468 e. The molecule has 7 heteroatoms. The Morgan fingerprint density at radius 1 is 1.33 bits per heavy atom. The molecule has 1 heterocycles. The van der Waals surface area contributed by atoms with Crippen molar-refractivity contribution in [2.75, 3.05) is 25.7 Å². The number of nitrogens with one attached hydrogen (secondary N) is 1. The Morgan fingerprint density at radius 3 is 2.58 bits per heavy atom. The molecule has 0 aliphatic heterocycles. The molecule has 0 atom stereocenters. The van der Waals surface area contributed by atoms with Gasteiger partial charge in [-0.1, -0.05) is 28.9 Å². The number of hydrogen-bond acceptors (Lipinski definition) is 5. The summed E-state index contributed by atoms with van der Waals surface area (Å²) in [7, 11) is 1.28. The third-order valence-electron chi connectivity index (χ3n) is 2.92. The lowest BCUT2D eigenvalue weighted by molar-refractivity contribution is -0.139. The maximum absolute atomic E-state index is 12.2. The molecule has 0 saturated carbocycles. The van der Waals surface area contributed by atoms with Crippen molar-refractivity contribution in [2.24, 2.45) is 0 Å². The number of ether oxygens (including phenoxy) is 1. The molecule has 0 fully saturated rings. The van der Waals surface area contributed by atoms with Gasteiger partial charge in [0.05, 0.1) is 7.11 Å². The van der Waals surface area contributed by atoms with E-state index in [-0.39, 0.29) is 12.5 Å². The number of halogens is 1. The Balaban J connectivity index is 0.000000648. The summed E-state index contributed by atoms with van der Waals surface area (Å²) in [6.07, 6.45) is 2.10. The van der Waals surface area contributed by atoms with E-state index in [9.17, 15) is 9.59 Å². The van der Waals surface area contributed by atoms with Crippen molar-refractivity contribution < 1.29 is 14.3 Å². The summed E-state index contributed by atoms with van der Waals surface area (Å²) in [4.78, 5) is 24.2. The first-order valence-electron chi connectivity index (χ1n) is 7.20. The number of benzene rings is 1. The third kappa shape index (κ3) is 6.67. The third-order valence-corrected chi connectivity index (χ3v) is 4.90. The normalized spacial score (nSPS) is 9.67. The van der Waals surface area contributed by atoms with E-state index in [2.05, 4.69) is 39.2 Å². The quantitative estimate of drug-likeness (QED) is 0.713. The van der Waals surface area contributed by atoms with Crippen LogP contribution in [0.15, 0.2) is 40.2 Å². The molecule has 1 aromatic heterocycles. The molecule has 4 nitrogen and oxygen atoms in total. The van der Waals surface area contributed by atoms with E-state index in [4.69, 9.17) is 0 Å². The van der Waals surface area contributed by atoms with Gasteiger partial charge in [0.1, 0.15) is 6.54 Å². The van der Waals surface area contributed by atoms with E-state index >= 15 is 0 Å². The first-order valence-corrected chi connectivity index (χ1v) is 10.3. The summed E-state index contributed by atoms with van der Waals surface area (Å²) in [5.41, 5.74) is 1.36. The number of methoxy groups -OCH3 is 1. The highest BCUT2D eigenvalue weighted by Gasteiger charge is 2.15. The second kappa shape index (κ2) is 11.3. The van der Waals surface area contributed by atoms with Gasteiger partial charge in [0.2, 0.25) is 0 Å². The van der Waals surface area contributed by atoms with Crippen molar-refractivity contribution >= 4 is 50.9 Å². The van der Waals surface area contributed by atoms with Crippen LogP contribution in [0.1, 0.15) is 17.3 Å². The van der Waals surface area contributed by atoms with Crippen LogP contribution in [-0.2, 0) is 9.53 Å². The second-order valence-electron chi connectivity index (χ2n) is 4.50. The fourth-order valence-corrected chi connectivity index (χ4v) is 2.79. The summed E-state index contributed by atoms with van der Waals surface area (Å²) >= 11 is 6.81. The summed E-state index contributed by atoms with van der Waals surface area (Å²) in [5.74, 6) is 0.458. The standard InChI is InChI=1S/C14H12BrNO3S.C3H8S/c1-19-13(17)8-16-14(18)10-5-4-9(15)7-11(10)12-3-2-6-20-12;1-3-4-2/h2-7H,8H2,1H3,(H,16,18);3H2,1-2H3. The lowest BCUT2D eigenvalue weighted by Gasteiger charge is -2.09. The first kappa shape index (κ1) is 20.7. The van der Waals surface area contributed by atoms with Crippen LogP contribution >= 0.6 is 39.0 Å². The molecule has 2 rings (SSSR count). The van der Waals surface area contributed by atoms with Crippen LogP contribution in [-0.4, -0.2) is 37.5 Å². The minimum absolute atomic E-state index is 0.144. The number of carbonyl (C=O) groups excluding carboxylic acids is 2. The van der Waals surface area contributed by atoms with E-state index < -0.39 is 5.97 Å². The summed E-state index contributed by atoms with van der Waals surface area (Å²) < 4.78 is 5.39. The van der Waals surface area contributed by atoms with E-state index in [1.54, 1.807) is 23.5 Å². The van der Waals surface area contributed by atoms with Gasteiger partial charge >= 0.3 is 5.97 Å². The van der Waals surface area contributed by atoms with Gasteiger partial charge in [-0.25, -0.2) is 0 Å². The van der Waals surface area contributed by atoms with Gasteiger partial charge in [-0.15, -0.1) is 11.3 Å². The van der Waals surface area contributed by atoms with Crippen LogP contribution in [0, 0.1) is 0 Å². The zero-order valence-corrected chi connectivity index (χ0v) is 17.0. The topological polar surface area (TPSA) is 55.4 Å². The van der Waals surface area contributed by atoms with Gasteiger partial charge in [0, 0.05) is 20.5 Å². The molecule has 1 amide bonds. The number of carbonyl (C=O) groups is 2. The SMILES string of the molecule is CCSC.COC(=O)CNC(=O)c1ccc(Br)cc1-c1cccs1. The number of thiophene rings is 1. The molecule has 0 bridgehead atoms. The van der Waals surface area contributed by atoms with Crippen LogP contribution < -0.4 is 5.32 Å². The van der Waals surface area contributed by atoms with E-state index in [1.807, 2.05) is 35.3 Å². The summed E-state index contributed by atoms with van der Waals surface area (Å²) in [6.45, 7) is 2.00. The minimum atomic E-state index is -0.479. The molecule has 0 radical (unpaired) electrons. The Labute approximate surface area is 159 Å². The van der Waals surface area contributed by atoms with Crippen molar-refractivity contribution in [1.82, 2.24) is 5.32 Å². The Kier molecular flexibility index (Phi) is 9.75. The van der Waals surface area contributed by atoms with Crippen molar-refractivity contribution in [1.29, 1.82) is 0 Å². The molecule has 0 saturated heterocycles. The van der Waals surface area contributed by atoms with Gasteiger partial charge < -0.3 is 10.1 Å². The van der Waals surface area contributed by atoms with Gasteiger partial charge in [-0.05, 0) is 41.7 Å². The molecular formula is C17H20BrNO3S2. The van der Waals surface area contributed by atoms with Crippen LogP contribution in [0.2, 0.25) is 0 Å². The molecule has 130 valence electrons. The Morgan fingerprint density at radius 2 is 2.04 bits per heavy atom. The molecule has 0 aliphatic carbocycles. The van der Waals surface area contributed by atoms with Crippen LogP contribution in [0.5, 0.6) is 0 Å². The maximum atomic E-state index is 12.2. The smallest absolute Gasteiger partial charge is 0.325 e. The lowest BCUT2D eigenvalue weighted by atomic mass is 10.1. The van der Waals surface area contributed by atoms with Gasteiger partial charge in [0.15, 0.2) is 0 Å². The number of esters is 1. The summed E-state index contributed by atoms with van der Waals surface area (Å²) in [5, 5.41) is 4.50. The molecular weight excluding hydrogens is 410 g/mol. The highest BCUT2D eigenvalue weighted by molar-refractivity contribution is 9.10. The van der Waals surface area contributed by atoms with Crippen LogP contribution in [0.3, 0.4) is 0 Å². The predicted octanol–water partition coefficient (Wildman–Crippen LogP) is 4.45. The van der Waals surface area contributed by atoms with Gasteiger partial charge in [-0.2, -0.15) is 11.8 Å². The van der Waals surface area contributed by atoms with Crippen molar-refractivity contribution in [3.63, 3.8) is 0 Å². The molecule has 0 unspecified atom stereocenters. The molecule has 1 aromatic carbocycles. The second-order valence-corrected chi connectivity index (χ2v) is 7.52. The molecule has 1 N–H and O–H groups in total. The zero-order valence-electron chi connectivity index (χ0n) is 13.8. The average Bonchev–Trinajstić information content (AvgIpc) is 3.14. The molecule has 0 spiro atoms. The van der Waals surface area contributed by atoms with Gasteiger partial charge in [0.25, 0.3) is 5.91 Å². The minimum Gasteiger partial charge on any atom is -0.468 e. The van der Waals surface area contributed by atoms with Crippen molar-refractivity contribution in [3.05, 3.63) is 45.7 Å². The van der Waals surface area contributed by atoms with Crippen molar-refractivity contribution in [3.8, 4) is 10.4 Å². The predicted molar refractivity (Wildman–Crippen MR) is 106 cm³/mol. The lowest BCUT2D eigenvalue weighted by Crippen LogP contribution is -2.30. The Bertz CT molecular complexity index is 658. The fourth-order valence-electron chi connectivity index (χ4n) is 1.67. The number of hydrogen-bond donors (Lipinski definition) is 1. The molecule has 24 heavy (non-hydrogen) atoms. The summed E-state index contributed by atoms with van der Waals surface area (Å²) in [6, 6.07) is 9.29. The zero-order chi connectivity index (χ0) is 17.9. The van der Waals surface area contributed by atoms with E-state index in [0.717, 1.165) is 14.9 Å². The highest BCUT2D eigenvalue weighted by Crippen LogP contribution is 2.30. The van der Waals surface area contributed by atoms with Crippen molar-refractivity contribution in [2.45, 2.75) is 6.92 Å². The Hall–Kier alpha value is -1.31. The average molecular weight is 430 g/mol. The fraction of sp³-hybridized carbons (Fsp3) is 0.294. The number of rotatable bonds is 5. The van der Waals surface area contributed by atoms with Crippen LogP contribution in [0.25, 0.3) is 10.4 Å². The van der Waals surface area contributed by atoms with Crippen LogP contribution in [0.4, 0.5) is 0 Å². The molecule has 2 aromatic rings. The van der Waals surface area contributed by atoms with E-state index in [1.165, 1.54) is 12.9 Å². The first-order chi connectivity index (χ1) is 11.5. The van der Waals surface area contributed by atoms with Gasteiger partial charge in [-0.3, -0.25) is 9.59 Å². The highest BCUT2D eigenvalue weighted by atomic mass is 79.9. The van der Waals surface area contributed by atoms with E-state index in [0.29, 0.717) is 5.56 Å². The maximum Gasteiger partial charge on any atom is 0.325 e. The molecule has 0 aliphatic rings.